The Morgan fingerprint density at radius 2 is 1.60 bits per heavy atom. The number of likely N-dealkylation sites (N-methyl/N-ethyl adjacent to an activating group) is 1. The fraction of sp³-hybridized carbons (Fsp3) is 0.250. The lowest BCUT2D eigenvalue weighted by Crippen LogP contribution is -2.28. The molecule has 0 aliphatic carbocycles. The van der Waals surface area contributed by atoms with E-state index in [9.17, 15) is 13.2 Å². The fourth-order valence-electron chi connectivity index (χ4n) is 2.48. The minimum Gasteiger partial charge on any atom is -0.335 e. The molecular weight excluding hydrogens is 334 g/mol. The van der Waals surface area contributed by atoms with Crippen molar-refractivity contribution in [2.24, 2.45) is 0 Å². The molecule has 1 amide bonds. The van der Waals surface area contributed by atoms with Crippen molar-refractivity contribution in [1.82, 2.24) is 4.90 Å². The van der Waals surface area contributed by atoms with Crippen molar-refractivity contribution in [3.63, 3.8) is 0 Å². The van der Waals surface area contributed by atoms with Gasteiger partial charge in [0.1, 0.15) is 0 Å². The lowest BCUT2D eigenvalue weighted by atomic mass is 10.1. The predicted octanol–water partition coefficient (Wildman–Crippen LogP) is 3.71. The van der Waals surface area contributed by atoms with Crippen molar-refractivity contribution in [1.29, 1.82) is 0 Å². The molecule has 1 unspecified atom stereocenters. The molecule has 2 aromatic rings. The summed E-state index contributed by atoms with van der Waals surface area (Å²) in [6.45, 7) is 3.83. The van der Waals surface area contributed by atoms with E-state index in [-0.39, 0.29) is 16.8 Å². The van der Waals surface area contributed by atoms with Gasteiger partial charge in [-0.3, -0.25) is 4.79 Å². The van der Waals surface area contributed by atoms with Crippen LogP contribution in [0.4, 0.5) is 0 Å². The molecule has 0 aliphatic heterocycles. The molecule has 0 bridgehead atoms. The van der Waals surface area contributed by atoms with Crippen LogP contribution in [-0.2, 0) is 14.6 Å². The SMILES string of the molecule is CC(=CC(=O)N(C)C(C)c1ccc(S(C)(=O)=O)cc1)c1ccccc1. The van der Waals surface area contributed by atoms with E-state index in [0.717, 1.165) is 16.7 Å². The molecule has 0 heterocycles. The highest BCUT2D eigenvalue weighted by Crippen LogP contribution is 2.22. The second kappa shape index (κ2) is 7.66. The quantitative estimate of drug-likeness (QED) is 0.767. The Kier molecular flexibility index (Phi) is 5.80. The molecule has 0 aliphatic rings. The number of allylic oxidation sites excluding steroid dienone is 1. The molecular formula is C20H23NO3S. The van der Waals surface area contributed by atoms with Gasteiger partial charge in [-0.25, -0.2) is 8.42 Å². The van der Waals surface area contributed by atoms with E-state index in [1.807, 2.05) is 44.2 Å². The Morgan fingerprint density at radius 1 is 1.04 bits per heavy atom. The summed E-state index contributed by atoms with van der Waals surface area (Å²) in [5.41, 5.74) is 2.79. The molecule has 0 N–H and O–H groups in total. The van der Waals surface area contributed by atoms with Crippen molar-refractivity contribution >= 4 is 21.3 Å². The fourth-order valence-corrected chi connectivity index (χ4v) is 3.11. The van der Waals surface area contributed by atoms with Crippen molar-refractivity contribution in [2.75, 3.05) is 13.3 Å². The average Bonchev–Trinajstić information content (AvgIpc) is 2.60. The third-order valence-corrected chi connectivity index (χ3v) is 5.42. The number of benzene rings is 2. The third kappa shape index (κ3) is 4.79. The Morgan fingerprint density at radius 3 is 2.12 bits per heavy atom. The van der Waals surface area contributed by atoms with E-state index in [1.54, 1.807) is 42.3 Å². The molecule has 2 rings (SSSR count). The van der Waals surface area contributed by atoms with Crippen LogP contribution >= 0.6 is 0 Å². The zero-order valence-electron chi connectivity index (χ0n) is 14.9. The number of sulfone groups is 1. The zero-order valence-corrected chi connectivity index (χ0v) is 15.7. The second-order valence-corrected chi connectivity index (χ2v) is 8.18. The van der Waals surface area contributed by atoms with Crippen LogP contribution in [0.3, 0.4) is 0 Å². The van der Waals surface area contributed by atoms with E-state index in [1.165, 1.54) is 6.26 Å². The Hall–Kier alpha value is -2.40. The molecule has 0 saturated heterocycles. The van der Waals surface area contributed by atoms with E-state index in [4.69, 9.17) is 0 Å². The molecule has 25 heavy (non-hydrogen) atoms. The lowest BCUT2D eigenvalue weighted by Gasteiger charge is -2.24. The summed E-state index contributed by atoms with van der Waals surface area (Å²) >= 11 is 0. The van der Waals surface area contributed by atoms with E-state index < -0.39 is 9.84 Å². The van der Waals surface area contributed by atoms with Crippen molar-refractivity contribution in [3.05, 3.63) is 71.8 Å². The summed E-state index contributed by atoms with van der Waals surface area (Å²) in [6.07, 6.45) is 2.80. The monoisotopic (exact) mass is 357 g/mol. The van der Waals surface area contributed by atoms with Gasteiger partial charge >= 0.3 is 0 Å². The van der Waals surface area contributed by atoms with Gasteiger partial charge in [-0.05, 0) is 42.7 Å². The summed E-state index contributed by atoms with van der Waals surface area (Å²) in [5.74, 6) is -0.0963. The maximum atomic E-state index is 12.5. The van der Waals surface area contributed by atoms with Gasteiger partial charge in [0, 0.05) is 19.4 Å². The third-order valence-electron chi connectivity index (χ3n) is 4.29. The second-order valence-electron chi connectivity index (χ2n) is 6.16. The highest BCUT2D eigenvalue weighted by molar-refractivity contribution is 7.90. The molecule has 0 radical (unpaired) electrons. The van der Waals surface area contributed by atoms with Crippen molar-refractivity contribution in [3.8, 4) is 0 Å². The number of rotatable bonds is 5. The van der Waals surface area contributed by atoms with Crippen molar-refractivity contribution in [2.45, 2.75) is 24.8 Å². The first kappa shape index (κ1) is 18.9. The summed E-state index contributed by atoms with van der Waals surface area (Å²) in [6, 6.07) is 16.2. The molecule has 0 saturated carbocycles. The standard InChI is InChI=1S/C20H23NO3S/c1-15(17-8-6-5-7-9-17)14-20(22)21(3)16(2)18-10-12-19(13-11-18)25(4,23)24/h5-14,16H,1-4H3. The van der Waals surface area contributed by atoms with E-state index in [0.29, 0.717) is 0 Å². The lowest BCUT2D eigenvalue weighted by molar-refractivity contribution is -0.126. The Labute approximate surface area is 149 Å². The highest BCUT2D eigenvalue weighted by Gasteiger charge is 2.17. The molecule has 4 nitrogen and oxygen atoms in total. The molecule has 1 atom stereocenters. The van der Waals surface area contributed by atoms with Crippen LogP contribution in [0.25, 0.3) is 5.57 Å². The molecule has 0 fully saturated rings. The summed E-state index contributed by atoms with van der Waals surface area (Å²) in [4.78, 5) is 14.4. The van der Waals surface area contributed by atoms with Gasteiger partial charge in [-0.15, -0.1) is 0 Å². The smallest absolute Gasteiger partial charge is 0.247 e. The van der Waals surface area contributed by atoms with Gasteiger partial charge in [0.15, 0.2) is 9.84 Å². The predicted molar refractivity (Wildman–Crippen MR) is 101 cm³/mol. The van der Waals surface area contributed by atoms with Gasteiger partial charge in [-0.2, -0.15) is 0 Å². The largest absolute Gasteiger partial charge is 0.335 e. The van der Waals surface area contributed by atoms with Crippen LogP contribution in [0.5, 0.6) is 0 Å². The molecule has 0 aromatic heterocycles. The molecule has 0 spiro atoms. The van der Waals surface area contributed by atoms with Crippen LogP contribution < -0.4 is 0 Å². The van der Waals surface area contributed by atoms with Gasteiger partial charge in [0.05, 0.1) is 10.9 Å². The average molecular weight is 357 g/mol. The van der Waals surface area contributed by atoms with Gasteiger partial charge < -0.3 is 4.90 Å². The van der Waals surface area contributed by atoms with Crippen LogP contribution in [0.1, 0.15) is 31.0 Å². The minimum atomic E-state index is -3.22. The number of nitrogens with zero attached hydrogens (tertiary/aromatic N) is 1. The molecule has 5 heteroatoms. The minimum absolute atomic E-state index is 0.0963. The summed E-state index contributed by atoms with van der Waals surface area (Å²) < 4.78 is 23.1. The first-order chi connectivity index (χ1) is 11.7. The maximum Gasteiger partial charge on any atom is 0.247 e. The van der Waals surface area contributed by atoms with Gasteiger partial charge in [0.25, 0.3) is 0 Å². The first-order valence-corrected chi connectivity index (χ1v) is 9.90. The van der Waals surface area contributed by atoms with Crippen LogP contribution in [-0.4, -0.2) is 32.5 Å². The number of amides is 1. The van der Waals surface area contributed by atoms with Crippen LogP contribution in [0.15, 0.2) is 65.6 Å². The number of carbonyl (C=O) groups excluding carboxylic acids is 1. The maximum absolute atomic E-state index is 12.5. The normalized spacial score (nSPS) is 13.4. The number of carbonyl (C=O) groups is 1. The first-order valence-electron chi connectivity index (χ1n) is 8.00. The van der Waals surface area contributed by atoms with Crippen molar-refractivity contribution < 1.29 is 13.2 Å². The van der Waals surface area contributed by atoms with Crippen LogP contribution in [0, 0.1) is 0 Å². The highest BCUT2D eigenvalue weighted by atomic mass is 32.2. The Balaban J connectivity index is 2.16. The van der Waals surface area contributed by atoms with Gasteiger partial charge in [0.2, 0.25) is 5.91 Å². The van der Waals surface area contributed by atoms with E-state index in [2.05, 4.69) is 0 Å². The zero-order chi connectivity index (χ0) is 18.6. The summed E-state index contributed by atoms with van der Waals surface area (Å²) in [7, 11) is -1.48. The number of hydrogen-bond donors (Lipinski definition) is 0. The van der Waals surface area contributed by atoms with Gasteiger partial charge in [-0.1, -0.05) is 42.5 Å². The Bertz CT molecular complexity index is 869. The summed E-state index contributed by atoms with van der Waals surface area (Å²) in [5, 5.41) is 0. The van der Waals surface area contributed by atoms with E-state index >= 15 is 0 Å². The van der Waals surface area contributed by atoms with Crippen LogP contribution in [0.2, 0.25) is 0 Å². The molecule has 2 aromatic carbocycles. The molecule has 132 valence electrons. The topological polar surface area (TPSA) is 54.5 Å². The number of hydrogen-bond acceptors (Lipinski definition) is 3.